The van der Waals surface area contributed by atoms with E-state index in [2.05, 4.69) is 67.7 Å². The summed E-state index contributed by atoms with van der Waals surface area (Å²) in [7, 11) is 1.69. The average Bonchev–Trinajstić information content (AvgIpc) is 2.67. The molecule has 138 valence electrons. The van der Waals surface area contributed by atoms with Crippen LogP contribution in [-0.2, 0) is 6.54 Å². The molecule has 0 saturated carbocycles. The molecule has 1 aliphatic carbocycles. The second kappa shape index (κ2) is 8.91. The molecule has 1 aliphatic rings. The van der Waals surface area contributed by atoms with Gasteiger partial charge in [-0.3, -0.25) is 0 Å². The minimum atomic E-state index is 0.146. The normalized spacial score (nSPS) is 17.7. The molecule has 0 bridgehead atoms. The summed E-state index contributed by atoms with van der Waals surface area (Å²) < 4.78 is 11.7. The number of methoxy groups -OCH3 is 1. The molecule has 2 aromatic rings. The molecule has 0 heterocycles. The van der Waals surface area contributed by atoms with E-state index in [-0.39, 0.29) is 6.10 Å². The number of allylic oxidation sites excluding steroid dienone is 1. The van der Waals surface area contributed by atoms with E-state index in [1.165, 1.54) is 23.1 Å². The fourth-order valence-electron chi connectivity index (χ4n) is 3.21. The molecule has 26 heavy (non-hydrogen) atoms. The van der Waals surface area contributed by atoms with Gasteiger partial charge in [-0.25, -0.2) is 0 Å². The third kappa shape index (κ3) is 4.89. The van der Waals surface area contributed by atoms with Crippen molar-refractivity contribution in [1.29, 1.82) is 0 Å². The van der Waals surface area contributed by atoms with E-state index in [9.17, 15) is 0 Å². The topological polar surface area (TPSA) is 30.5 Å². The van der Waals surface area contributed by atoms with Gasteiger partial charge in [0.15, 0.2) is 11.5 Å². The third-order valence-electron chi connectivity index (χ3n) is 4.91. The van der Waals surface area contributed by atoms with Crippen molar-refractivity contribution in [2.45, 2.75) is 51.8 Å². The van der Waals surface area contributed by atoms with E-state index in [1.54, 1.807) is 7.11 Å². The summed E-state index contributed by atoms with van der Waals surface area (Å²) in [4.78, 5) is 0. The highest BCUT2D eigenvalue weighted by Crippen LogP contribution is 2.31. The van der Waals surface area contributed by atoms with Gasteiger partial charge in [0.2, 0.25) is 0 Å². The zero-order chi connectivity index (χ0) is 18.4. The Hall–Kier alpha value is -2.26. The first-order chi connectivity index (χ1) is 12.7. The summed E-state index contributed by atoms with van der Waals surface area (Å²) in [6.07, 6.45) is 7.90. The first-order valence-corrected chi connectivity index (χ1v) is 9.46. The summed E-state index contributed by atoms with van der Waals surface area (Å²) in [6.45, 7) is 5.09. The van der Waals surface area contributed by atoms with Crippen molar-refractivity contribution in [3.05, 3.63) is 71.3 Å². The van der Waals surface area contributed by atoms with Gasteiger partial charge < -0.3 is 14.8 Å². The average molecular weight is 351 g/mol. The first kappa shape index (κ1) is 18.5. The monoisotopic (exact) mass is 351 g/mol. The lowest BCUT2D eigenvalue weighted by molar-refractivity contribution is 0.219. The smallest absolute Gasteiger partial charge is 0.162 e. The molecule has 0 fully saturated rings. The largest absolute Gasteiger partial charge is 0.493 e. The fourth-order valence-corrected chi connectivity index (χ4v) is 3.21. The van der Waals surface area contributed by atoms with Crippen molar-refractivity contribution >= 4 is 0 Å². The van der Waals surface area contributed by atoms with Gasteiger partial charge in [0.1, 0.15) is 6.10 Å². The van der Waals surface area contributed by atoms with E-state index in [0.717, 1.165) is 30.9 Å². The minimum Gasteiger partial charge on any atom is -0.493 e. The van der Waals surface area contributed by atoms with Crippen molar-refractivity contribution in [2.24, 2.45) is 0 Å². The van der Waals surface area contributed by atoms with Gasteiger partial charge in [0.25, 0.3) is 0 Å². The lowest BCUT2D eigenvalue weighted by Gasteiger charge is -2.21. The Balaban J connectivity index is 1.65. The Bertz CT molecular complexity index is 736. The molecular weight excluding hydrogens is 322 g/mol. The molecule has 0 amide bonds. The molecule has 3 nitrogen and oxygen atoms in total. The van der Waals surface area contributed by atoms with Crippen LogP contribution in [0, 0.1) is 6.92 Å². The number of benzene rings is 2. The molecule has 2 atom stereocenters. The summed E-state index contributed by atoms with van der Waals surface area (Å²) in [6, 6.07) is 15.2. The Morgan fingerprint density at radius 3 is 2.62 bits per heavy atom. The van der Waals surface area contributed by atoms with Crippen LogP contribution in [0.15, 0.2) is 54.6 Å². The van der Waals surface area contributed by atoms with Gasteiger partial charge in [-0.15, -0.1) is 0 Å². The van der Waals surface area contributed by atoms with Crippen LogP contribution in [-0.4, -0.2) is 13.2 Å². The Morgan fingerprint density at radius 2 is 1.92 bits per heavy atom. The van der Waals surface area contributed by atoms with Crippen molar-refractivity contribution in [1.82, 2.24) is 5.32 Å². The predicted molar refractivity (Wildman–Crippen MR) is 107 cm³/mol. The second-order valence-electron chi connectivity index (χ2n) is 7.01. The van der Waals surface area contributed by atoms with Crippen LogP contribution < -0.4 is 14.8 Å². The summed E-state index contributed by atoms with van der Waals surface area (Å²) in [5.41, 5.74) is 3.78. The van der Waals surface area contributed by atoms with Crippen LogP contribution in [0.4, 0.5) is 0 Å². The summed E-state index contributed by atoms with van der Waals surface area (Å²) in [5.74, 6) is 1.62. The van der Waals surface area contributed by atoms with E-state index >= 15 is 0 Å². The number of nitrogens with one attached hydrogen (secondary N) is 1. The van der Waals surface area contributed by atoms with E-state index in [0.29, 0.717) is 6.04 Å². The van der Waals surface area contributed by atoms with E-state index in [4.69, 9.17) is 9.47 Å². The highest BCUT2D eigenvalue weighted by Gasteiger charge is 2.14. The van der Waals surface area contributed by atoms with Gasteiger partial charge in [-0.05, 0) is 62.4 Å². The number of aryl methyl sites for hydroxylation is 1. The first-order valence-electron chi connectivity index (χ1n) is 9.46. The Labute approximate surface area is 157 Å². The predicted octanol–water partition coefficient (Wildman–Crippen LogP) is 5.34. The second-order valence-corrected chi connectivity index (χ2v) is 7.01. The molecule has 1 N–H and O–H groups in total. The van der Waals surface area contributed by atoms with Crippen LogP contribution in [0.2, 0.25) is 0 Å². The molecular formula is C23H29NO2. The maximum Gasteiger partial charge on any atom is 0.162 e. The summed E-state index contributed by atoms with van der Waals surface area (Å²) >= 11 is 0. The van der Waals surface area contributed by atoms with Crippen LogP contribution in [0.1, 0.15) is 48.9 Å². The number of hydrogen-bond acceptors (Lipinski definition) is 3. The van der Waals surface area contributed by atoms with Crippen molar-refractivity contribution in [3.8, 4) is 11.5 Å². The molecule has 3 rings (SSSR count). The van der Waals surface area contributed by atoms with Crippen LogP contribution in [0.25, 0.3) is 0 Å². The van der Waals surface area contributed by atoms with Gasteiger partial charge in [-0.2, -0.15) is 0 Å². The fraction of sp³-hybridized carbons (Fsp3) is 0.391. The number of rotatable bonds is 7. The van der Waals surface area contributed by atoms with Crippen LogP contribution in [0.5, 0.6) is 11.5 Å². The molecule has 2 aromatic carbocycles. The van der Waals surface area contributed by atoms with Gasteiger partial charge >= 0.3 is 0 Å². The molecule has 0 radical (unpaired) electrons. The van der Waals surface area contributed by atoms with Crippen LogP contribution >= 0.6 is 0 Å². The van der Waals surface area contributed by atoms with Gasteiger partial charge in [0, 0.05) is 12.6 Å². The molecule has 0 aliphatic heterocycles. The standard InChI is InChI=1S/C23H29NO2/c1-17-9-12-20(13-10-17)18(2)24-16-19-11-14-22(25-3)23(15-19)26-21-7-5-4-6-8-21/h5,7,9-15,18,21,24H,4,6,8,16H2,1-3H3/t18?,21-/m0/s1. The highest BCUT2D eigenvalue weighted by molar-refractivity contribution is 5.43. The maximum atomic E-state index is 6.18. The van der Waals surface area contributed by atoms with Gasteiger partial charge in [0.05, 0.1) is 7.11 Å². The lowest BCUT2D eigenvalue weighted by Crippen LogP contribution is -2.19. The van der Waals surface area contributed by atoms with E-state index < -0.39 is 0 Å². The molecule has 0 spiro atoms. The van der Waals surface area contributed by atoms with Crippen molar-refractivity contribution in [3.63, 3.8) is 0 Å². The Kier molecular flexibility index (Phi) is 6.35. The zero-order valence-electron chi connectivity index (χ0n) is 16.0. The molecule has 3 heteroatoms. The van der Waals surface area contributed by atoms with Crippen molar-refractivity contribution < 1.29 is 9.47 Å². The van der Waals surface area contributed by atoms with Gasteiger partial charge in [-0.1, -0.05) is 42.0 Å². The molecule has 0 aromatic heterocycles. The number of hydrogen-bond donors (Lipinski definition) is 1. The summed E-state index contributed by atoms with van der Waals surface area (Å²) in [5, 5.41) is 3.59. The molecule has 0 saturated heterocycles. The zero-order valence-corrected chi connectivity index (χ0v) is 16.0. The molecule has 1 unspecified atom stereocenters. The highest BCUT2D eigenvalue weighted by atomic mass is 16.5. The van der Waals surface area contributed by atoms with Crippen LogP contribution in [0.3, 0.4) is 0 Å². The quantitative estimate of drug-likeness (QED) is 0.683. The SMILES string of the molecule is COc1ccc(CNC(C)c2ccc(C)cc2)cc1O[C@H]1C=CCCC1. The van der Waals surface area contributed by atoms with Crippen molar-refractivity contribution in [2.75, 3.05) is 7.11 Å². The minimum absolute atomic E-state index is 0.146. The Morgan fingerprint density at radius 1 is 1.12 bits per heavy atom. The third-order valence-corrected chi connectivity index (χ3v) is 4.91. The number of ether oxygens (including phenoxy) is 2. The van der Waals surface area contributed by atoms with E-state index in [1.807, 2.05) is 6.07 Å². The maximum absolute atomic E-state index is 6.18. The lowest BCUT2D eigenvalue weighted by atomic mass is 10.1.